The number of amides is 2. The zero-order valence-electron chi connectivity index (χ0n) is 16.6. The minimum atomic E-state index is -4.61. The van der Waals surface area contributed by atoms with Crippen LogP contribution in [0.3, 0.4) is 0 Å². The maximum atomic E-state index is 13.3. The molecular weight excluding hydrogens is 399 g/mol. The maximum absolute atomic E-state index is 13.3. The topological polar surface area (TPSA) is 70.0 Å². The number of hydrazone groups is 1. The maximum Gasteiger partial charge on any atom is 0.416 e. The van der Waals surface area contributed by atoms with Crippen LogP contribution in [-0.4, -0.2) is 40.9 Å². The lowest BCUT2D eigenvalue weighted by molar-refractivity contribution is -0.137. The van der Waals surface area contributed by atoms with Crippen LogP contribution in [0.4, 0.5) is 18.9 Å². The first kappa shape index (κ1) is 20.3. The Labute approximate surface area is 171 Å². The molecule has 0 radical (unpaired) electrons. The van der Waals surface area contributed by atoms with Gasteiger partial charge in [-0.05, 0) is 24.3 Å². The summed E-state index contributed by atoms with van der Waals surface area (Å²) in [6, 6.07) is 2.53. The highest BCUT2D eigenvalue weighted by Crippen LogP contribution is 2.47. The summed E-state index contributed by atoms with van der Waals surface area (Å²) < 4.78 is 39.4. The van der Waals surface area contributed by atoms with Crippen LogP contribution in [0.15, 0.2) is 41.5 Å². The van der Waals surface area contributed by atoms with Crippen LogP contribution >= 0.6 is 0 Å². The first-order valence-corrected chi connectivity index (χ1v) is 9.51. The van der Waals surface area contributed by atoms with Crippen LogP contribution < -0.4 is 4.90 Å². The predicted molar refractivity (Wildman–Crippen MR) is 102 cm³/mol. The van der Waals surface area contributed by atoms with Crippen LogP contribution in [0, 0.1) is 17.3 Å². The summed E-state index contributed by atoms with van der Waals surface area (Å²) in [5, 5.41) is 5.72. The molecule has 30 heavy (non-hydrogen) atoms. The first-order valence-electron chi connectivity index (χ1n) is 9.51. The molecule has 3 aliphatic rings. The number of ketones is 1. The van der Waals surface area contributed by atoms with Gasteiger partial charge in [0.2, 0.25) is 11.8 Å². The van der Waals surface area contributed by atoms with E-state index in [9.17, 15) is 27.6 Å². The summed E-state index contributed by atoms with van der Waals surface area (Å²) in [6.45, 7) is 5.15. The minimum Gasteiger partial charge on any atom is -0.297 e. The molecule has 9 heteroatoms. The van der Waals surface area contributed by atoms with Gasteiger partial charge in [0.1, 0.15) is 6.04 Å². The van der Waals surface area contributed by atoms with Crippen molar-refractivity contribution in [3.63, 3.8) is 0 Å². The zero-order chi connectivity index (χ0) is 22.0. The summed E-state index contributed by atoms with van der Waals surface area (Å²) in [5.74, 6) is -3.45. The number of carbonyl (C=O) groups is 3. The van der Waals surface area contributed by atoms with Crippen molar-refractivity contribution in [1.29, 1.82) is 0 Å². The minimum absolute atomic E-state index is 0.147. The lowest BCUT2D eigenvalue weighted by Gasteiger charge is -2.33. The molecule has 6 nitrogen and oxygen atoms in total. The number of imide groups is 1. The number of Topliss-reactive ketones (excluding diaryl/α,β-unsaturated/α-hetero) is 1. The van der Waals surface area contributed by atoms with Gasteiger partial charge in [0, 0.05) is 11.6 Å². The number of alkyl halides is 3. The van der Waals surface area contributed by atoms with Crippen molar-refractivity contribution in [2.75, 3.05) is 4.90 Å². The molecule has 2 saturated heterocycles. The normalized spacial score (nSPS) is 28.2. The van der Waals surface area contributed by atoms with Crippen molar-refractivity contribution in [2.45, 2.75) is 39.0 Å². The molecule has 3 aliphatic heterocycles. The molecule has 0 N–H and O–H groups in total. The molecule has 2 fully saturated rings. The largest absolute Gasteiger partial charge is 0.416 e. The van der Waals surface area contributed by atoms with Crippen LogP contribution in [0.5, 0.6) is 0 Å². The summed E-state index contributed by atoms with van der Waals surface area (Å²) in [5.41, 5.74) is -1.90. The Hall–Kier alpha value is -2.97. The van der Waals surface area contributed by atoms with E-state index < -0.39 is 52.9 Å². The fraction of sp³-hybridized carbons (Fsp3) is 0.429. The van der Waals surface area contributed by atoms with E-state index in [0.29, 0.717) is 0 Å². The summed E-state index contributed by atoms with van der Waals surface area (Å²) in [4.78, 5) is 40.5. The number of allylic oxidation sites excluding steroid dienone is 1. The highest BCUT2D eigenvalue weighted by molar-refractivity contribution is 6.24. The number of hydrogen-bond donors (Lipinski definition) is 0. The Morgan fingerprint density at radius 3 is 2.37 bits per heavy atom. The molecule has 2 amide bonds. The second-order valence-electron chi connectivity index (χ2n) is 8.69. The highest BCUT2D eigenvalue weighted by atomic mass is 19.4. The van der Waals surface area contributed by atoms with E-state index in [-0.39, 0.29) is 11.5 Å². The van der Waals surface area contributed by atoms with Crippen molar-refractivity contribution in [3.05, 3.63) is 42.0 Å². The molecule has 0 spiro atoms. The van der Waals surface area contributed by atoms with Crippen LogP contribution in [0.1, 0.15) is 26.3 Å². The summed E-state index contributed by atoms with van der Waals surface area (Å²) >= 11 is 0. The monoisotopic (exact) mass is 419 g/mol. The standard InChI is InChI=1S/C21H20F3N3O3/c1-20(2,3)17(28)16-15-14(13-8-5-9-25-27(13)16)18(29)26(19(15)30)12-7-4-6-11(10-12)21(22,23)24/h4-10,13-16H,1-3H3/t13-,14-,15-,16-/m1/s1. The van der Waals surface area contributed by atoms with E-state index in [4.69, 9.17) is 0 Å². The van der Waals surface area contributed by atoms with E-state index in [0.717, 1.165) is 23.1 Å². The molecule has 0 unspecified atom stereocenters. The molecular formula is C21H20F3N3O3. The second kappa shape index (κ2) is 6.52. The third kappa shape index (κ3) is 2.95. The lowest BCUT2D eigenvalue weighted by atomic mass is 9.80. The zero-order valence-corrected chi connectivity index (χ0v) is 16.6. The average molecular weight is 419 g/mol. The lowest BCUT2D eigenvalue weighted by Crippen LogP contribution is -2.49. The van der Waals surface area contributed by atoms with Crippen LogP contribution in [-0.2, 0) is 20.6 Å². The van der Waals surface area contributed by atoms with Gasteiger partial charge in [-0.2, -0.15) is 18.3 Å². The Bertz CT molecular complexity index is 993. The number of rotatable bonds is 2. The molecule has 0 bridgehead atoms. The highest BCUT2D eigenvalue weighted by Gasteiger charge is 2.64. The van der Waals surface area contributed by atoms with E-state index in [2.05, 4.69) is 5.10 Å². The van der Waals surface area contributed by atoms with Crippen molar-refractivity contribution < 1.29 is 27.6 Å². The van der Waals surface area contributed by atoms with Gasteiger partial charge < -0.3 is 0 Å². The average Bonchev–Trinajstić information content (AvgIpc) is 3.13. The van der Waals surface area contributed by atoms with Gasteiger partial charge >= 0.3 is 6.18 Å². The van der Waals surface area contributed by atoms with E-state index in [1.807, 2.05) is 0 Å². The number of anilines is 1. The molecule has 4 atom stereocenters. The molecule has 1 aromatic carbocycles. The number of carbonyl (C=O) groups excluding carboxylic acids is 3. The van der Waals surface area contributed by atoms with Crippen molar-refractivity contribution in [3.8, 4) is 0 Å². The molecule has 0 aliphatic carbocycles. The van der Waals surface area contributed by atoms with E-state index in [1.54, 1.807) is 32.9 Å². The molecule has 0 saturated carbocycles. The van der Waals surface area contributed by atoms with Gasteiger partial charge in [-0.25, -0.2) is 4.90 Å². The van der Waals surface area contributed by atoms with Gasteiger partial charge in [-0.1, -0.05) is 32.9 Å². The van der Waals surface area contributed by atoms with Crippen LogP contribution in [0.25, 0.3) is 0 Å². The summed E-state index contributed by atoms with van der Waals surface area (Å²) in [6.07, 6.45) is 0.203. The van der Waals surface area contributed by atoms with Gasteiger partial charge in [-0.15, -0.1) is 0 Å². The van der Waals surface area contributed by atoms with Gasteiger partial charge in [0.15, 0.2) is 5.78 Å². The van der Waals surface area contributed by atoms with E-state index in [1.165, 1.54) is 17.3 Å². The number of halogens is 3. The molecule has 3 heterocycles. The van der Waals surface area contributed by atoms with Crippen molar-refractivity contribution in [2.24, 2.45) is 22.4 Å². The van der Waals surface area contributed by atoms with Gasteiger partial charge in [0.25, 0.3) is 0 Å². The van der Waals surface area contributed by atoms with Crippen LogP contribution in [0.2, 0.25) is 0 Å². The SMILES string of the molecule is CC(C)(C)C(=O)[C@H]1[C@@H]2C(=O)N(c3cccc(C(F)(F)F)c3)C(=O)[C@@H]2[C@H]2C=CC=NN21. The Morgan fingerprint density at radius 1 is 1.07 bits per heavy atom. The Kier molecular flexibility index (Phi) is 4.41. The predicted octanol–water partition coefficient (Wildman–Crippen LogP) is 3.03. The number of benzene rings is 1. The molecule has 1 aromatic rings. The Morgan fingerprint density at radius 2 is 1.73 bits per heavy atom. The van der Waals surface area contributed by atoms with Crippen molar-refractivity contribution >= 4 is 29.5 Å². The third-order valence-electron chi connectivity index (χ3n) is 5.73. The Balaban J connectivity index is 1.78. The van der Waals surface area contributed by atoms with Gasteiger partial charge in [0.05, 0.1) is 29.1 Å². The number of fused-ring (bicyclic) bond motifs is 3. The fourth-order valence-electron chi connectivity index (χ4n) is 4.36. The molecule has 158 valence electrons. The number of hydrogen-bond acceptors (Lipinski definition) is 5. The fourth-order valence-corrected chi connectivity index (χ4v) is 4.36. The quantitative estimate of drug-likeness (QED) is 0.691. The molecule has 0 aromatic heterocycles. The second-order valence-corrected chi connectivity index (χ2v) is 8.69. The number of nitrogens with zero attached hydrogens (tertiary/aromatic N) is 3. The smallest absolute Gasteiger partial charge is 0.297 e. The van der Waals surface area contributed by atoms with Gasteiger partial charge in [-0.3, -0.25) is 19.4 Å². The van der Waals surface area contributed by atoms with Crippen molar-refractivity contribution in [1.82, 2.24) is 5.01 Å². The summed E-state index contributed by atoms with van der Waals surface area (Å²) in [7, 11) is 0. The first-order chi connectivity index (χ1) is 13.9. The molecule has 4 rings (SSSR count). The third-order valence-corrected chi connectivity index (χ3v) is 5.73. The van der Waals surface area contributed by atoms with E-state index >= 15 is 0 Å².